The summed E-state index contributed by atoms with van der Waals surface area (Å²) in [5.74, 6) is 1.19. The predicted molar refractivity (Wildman–Crippen MR) is 126 cm³/mol. The highest BCUT2D eigenvalue weighted by atomic mass is 35.5. The molecule has 0 radical (unpaired) electrons. The molecule has 1 aromatic heterocycles. The van der Waals surface area contributed by atoms with Crippen LogP contribution in [0.2, 0.25) is 5.02 Å². The summed E-state index contributed by atoms with van der Waals surface area (Å²) in [6, 6.07) is 5.54. The van der Waals surface area contributed by atoms with E-state index in [-0.39, 0.29) is 22.9 Å². The number of imidazole rings is 1. The van der Waals surface area contributed by atoms with Gasteiger partial charge in [-0.25, -0.2) is 13.4 Å². The Morgan fingerprint density at radius 3 is 2.58 bits per heavy atom. The largest absolute Gasteiger partial charge is 0.495 e. The molecule has 2 aliphatic heterocycles. The molecule has 11 heteroatoms. The Labute approximate surface area is 199 Å². The van der Waals surface area contributed by atoms with E-state index in [9.17, 15) is 13.2 Å². The molecule has 0 saturated carbocycles. The second kappa shape index (κ2) is 9.52. The molecule has 180 valence electrons. The fourth-order valence-electron chi connectivity index (χ4n) is 4.47. The normalized spacial score (nSPS) is 20.2. The maximum atomic E-state index is 12.9. The number of halogens is 1. The first-order chi connectivity index (χ1) is 15.7. The van der Waals surface area contributed by atoms with Gasteiger partial charge in [-0.1, -0.05) is 11.6 Å². The molecular formula is C22H30ClN5O4S. The average Bonchev–Trinajstić information content (AvgIpc) is 3.40. The first-order valence-corrected chi connectivity index (χ1v) is 12.9. The Balaban J connectivity index is 1.31. The second-order valence-electron chi connectivity index (χ2n) is 8.67. The van der Waals surface area contributed by atoms with E-state index in [4.69, 9.17) is 16.3 Å². The number of rotatable bonds is 6. The Morgan fingerprint density at radius 1 is 1.21 bits per heavy atom. The smallest absolute Gasteiger partial charge is 0.262 e. The van der Waals surface area contributed by atoms with Crippen molar-refractivity contribution in [3.8, 4) is 5.75 Å². The van der Waals surface area contributed by atoms with Crippen molar-refractivity contribution in [1.82, 2.24) is 19.2 Å². The number of nitrogens with one attached hydrogen (secondary N) is 1. The van der Waals surface area contributed by atoms with Gasteiger partial charge in [0.05, 0.1) is 12.8 Å². The summed E-state index contributed by atoms with van der Waals surface area (Å²) < 4.78 is 34.3. The summed E-state index contributed by atoms with van der Waals surface area (Å²) in [5, 5.41) is 3.86. The number of aryl methyl sites for hydroxylation is 2. The quantitative estimate of drug-likeness (QED) is 0.659. The monoisotopic (exact) mass is 495 g/mol. The molecule has 0 bridgehead atoms. The molecule has 1 unspecified atom stereocenters. The summed E-state index contributed by atoms with van der Waals surface area (Å²) >= 11 is 6.16. The highest BCUT2D eigenvalue weighted by Gasteiger charge is 2.35. The number of methoxy groups -OCH3 is 1. The van der Waals surface area contributed by atoms with Gasteiger partial charge in [0.1, 0.15) is 11.6 Å². The standard InChI is InChI=1S/C22H30ClN5O4S/c1-15-24-21(14-26(15)2)33(30,31)28-10-6-16(7-11-28)22(29)25-18-8-9-27(13-18)19-12-17(23)4-5-20(19)32-3/h4-5,12,14,16,18H,6-11,13H2,1-3H3,(H,25,29). The molecule has 2 aromatic rings. The number of carbonyl (C=O) groups excluding carboxylic acids is 1. The van der Waals surface area contributed by atoms with E-state index in [2.05, 4.69) is 15.2 Å². The number of hydrogen-bond donors (Lipinski definition) is 1. The number of ether oxygens (including phenoxy) is 1. The molecule has 2 fully saturated rings. The summed E-state index contributed by atoms with van der Waals surface area (Å²) in [7, 11) is -0.246. The van der Waals surface area contributed by atoms with Crippen LogP contribution in [-0.2, 0) is 21.9 Å². The van der Waals surface area contributed by atoms with Crippen LogP contribution in [0.5, 0.6) is 5.75 Å². The number of piperidine rings is 1. The van der Waals surface area contributed by atoms with Crippen molar-refractivity contribution in [2.45, 2.75) is 37.3 Å². The van der Waals surface area contributed by atoms with Crippen molar-refractivity contribution in [2.24, 2.45) is 13.0 Å². The molecule has 2 saturated heterocycles. The zero-order chi connectivity index (χ0) is 23.8. The van der Waals surface area contributed by atoms with Crippen molar-refractivity contribution in [2.75, 3.05) is 38.2 Å². The van der Waals surface area contributed by atoms with Crippen molar-refractivity contribution in [1.29, 1.82) is 0 Å². The number of sulfonamides is 1. The number of nitrogens with zero attached hydrogens (tertiary/aromatic N) is 4. The fraction of sp³-hybridized carbons (Fsp3) is 0.545. The highest BCUT2D eigenvalue weighted by Crippen LogP contribution is 2.33. The van der Waals surface area contributed by atoms with Crippen LogP contribution in [0.15, 0.2) is 29.4 Å². The number of benzene rings is 1. The molecule has 1 aromatic carbocycles. The van der Waals surface area contributed by atoms with Crippen molar-refractivity contribution < 1.29 is 17.9 Å². The number of amides is 1. The van der Waals surface area contributed by atoms with Crippen LogP contribution in [0.1, 0.15) is 25.1 Å². The summed E-state index contributed by atoms with van der Waals surface area (Å²) in [6.07, 6.45) is 3.35. The lowest BCUT2D eigenvalue weighted by molar-refractivity contribution is -0.126. The lowest BCUT2D eigenvalue weighted by Gasteiger charge is -2.30. The van der Waals surface area contributed by atoms with Crippen LogP contribution in [0.4, 0.5) is 5.69 Å². The van der Waals surface area contributed by atoms with E-state index < -0.39 is 10.0 Å². The zero-order valence-corrected chi connectivity index (χ0v) is 20.7. The molecule has 1 N–H and O–H groups in total. The first-order valence-electron chi connectivity index (χ1n) is 11.1. The first kappa shape index (κ1) is 23.8. The van der Waals surface area contributed by atoms with Crippen molar-refractivity contribution in [3.63, 3.8) is 0 Å². The third-order valence-electron chi connectivity index (χ3n) is 6.53. The number of carbonyl (C=O) groups is 1. The number of hydrogen-bond acceptors (Lipinski definition) is 6. The molecule has 4 rings (SSSR count). The van der Waals surface area contributed by atoms with E-state index in [0.29, 0.717) is 43.3 Å². The molecule has 1 amide bonds. The molecule has 1 atom stereocenters. The van der Waals surface area contributed by atoms with Gasteiger partial charge in [-0.05, 0) is 44.4 Å². The van der Waals surface area contributed by atoms with E-state index in [0.717, 1.165) is 24.4 Å². The summed E-state index contributed by atoms with van der Waals surface area (Å²) in [5.41, 5.74) is 0.921. The van der Waals surface area contributed by atoms with Crippen molar-refractivity contribution >= 4 is 33.2 Å². The van der Waals surface area contributed by atoms with Gasteiger partial charge in [-0.15, -0.1) is 0 Å². The lowest BCUT2D eigenvalue weighted by atomic mass is 9.97. The Kier molecular flexibility index (Phi) is 6.88. The molecule has 9 nitrogen and oxygen atoms in total. The van der Waals surface area contributed by atoms with Crippen LogP contribution in [-0.4, -0.2) is 67.5 Å². The molecule has 0 spiro atoms. The Hall–Kier alpha value is -2.30. The summed E-state index contributed by atoms with van der Waals surface area (Å²) in [6.45, 7) is 3.86. The minimum Gasteiger partial charge on any atom is -0.495 e. The van der Waals surface area contributed by atoms with Gasteiger partial charge in [0, 0.05) is 56.4 Å². The van der Waals surface area contributed by atoms with Crippen LogP contribution < -0.4 is 15.0 Å². The third kappa shape index (κ3) is 4.97. The maximum absolute atomic E-state index is 12.9. The highest BCUT2D eigenvalue weighted by molar-refractivity contribution is 7.89. The minimum absolute atomic E-state index is 0.00867. The average molecular weight is 496 g/mol. The van der Waals surface area contributed by atoms with Crippen LogP contribution in [0, 0.1) is 12.8 Å². The topological polar surface area (TPSA) is 96.8 Å². The molecular weight excluding hydrogens is 466 g/mol. The third-order valence-corrected chi connectivity index (χ3v) is 8.54. The van der Waals surface area contributed by atoms with Crippen LogP contribution in [0.3, 0.4) is 0 Å². The summed E-state index contributed by atoms with van der Waals surface area (Å²) in [4.78, 5) is 19.2. The van der Waals surface area contributed by atoms with E-state index in [1.54, 1.807) is 31.7 Å². The van der Waals surface area contributed by atoms with Gasteiger partial charge < -0.3 is 19.5 Å². The Bertz CT molecular complexity index is 1110. The van der Waals surface area contributed by atoms with E-state index in [1.807, 2.05) is 12.1 Å². The number of aromatic nitrogens is 2. The lowest BCUT2D eigenvalue weighted by Crippen LogP contribution is -2.46. The minimum atomic E-state index is -3.64. The zero-order valence-electron chi connectivity index (χ0n) is 19.1. The SMILES string of the molecule is COc1ccc(Cl)cc1N1CCC(NC(=O)C2CCN(S(=O)(=O)c3cn(C)c(C)n3)CC2)C1. The molecule has 33 heavy (non-hydrogen) atoms. The maximum Gasteiger partial charge on any atom is 0.262 e. The van der Waals surface area contributed by atoms with Crippen molar-refractivity contribution in [3.05, 3.63) is 35.2 Å². The fourth-order valence-corrected chi connectivity index (χ4v) is 6.13. The van der Waals surface area contributed by atoms with Gasteiger partial charge >= 0.3 is 0 Å². The van der Waals surface area contributed by atoms with Gasteiger partial charge in [0.15, 0.2) is 5.03 Å². The van der Waals surface area contributed by atoms with Gasteiger partial charge in [-0.2, -0.15) is 4.31 Å². The molecule has 3 heterocycles. The van der Waals surface area contributed by atoms with Crippen LogP contribution in [0.25, 0.3) is 0 Å². The molecule has 0 aliphatic carbocycles. The van der Waals surface area contributed by atoms with Gasteiger partial charge in [0.2, 0.25) is 5.91 Å². The van der Waals surface area contributed by atoms with E-state index in [1.165, 1.54) is 10.5 Å². The second-order valence-corrected chi connectivity index (χ2v) is 11.0. The van der Waals surface area contributed by atoms with Gasteiger partial charge in [0.25, 0.3) is 10.0 Å². The van der Waals surface area contributed by atoms with Gasteiger partial charge in [-0.3, -0.25) is 4.79 Å². The number of anilines is 1. The molecule has 2 aliphatic rings. The Morgan fingerprint density at radius 2 is 1.94 bits per heavy atom. The van der Waals surface area contributed by atoms with Crippen LogP contribution >= 0.6 is 11.6 Å². The predicted octanol–water partition coefficient (Wildman–Crippen LogP) is 2.19. The van der Waals surface area contributed by atoms with E-state index >= 15 is 0 Å².